The average Bonchev–Trinajstić information content (AvgIpc) is 2.35. The first-order valence-corrected chi connectivity index (χ1v) is 6.52. The van der Waals surface area contributed by atoms with Crippen LogP contribution >= 0.6 is 11.6 Å². The van der Waals surface area contributed by atoms with E-state index in [1.807, 2.05) is 0 Å². The van der Waals surface area contributed by atoms with Gasteiger partial charge in [-0.2, -0.15) is 0 Å². The fourth-order valence-electron chi connectivity index (χ4n) is 1.77. The molecule has 1 unspecified atom stereocenters. The second-order valence-corrected chi connectivity index (χ2v) is 4.71. The number of unbranched alkanes of at least 4 members (excludes halogenated alkanes) is 1. The van der Waals surface area contributed by atoms with Gasteiger partial charge in [0.15, 0.2) is 0 Å². The summed E-state index contributed by atoms with van der Waals surface area (Å²) in [6.45, 7) is 2.64. The van der Waals surface area contributed by atoms with Crippen LogP contribution in [0.25, 0.3) is 0 Å². The predicted molar refractivity (Wildman–Crippen MR) is 76.0 cm³/mol. The lowest BCUT2D eigenvalue weighted by Gasteiger charge is -2.19. The van der Waals surface area contributed by atoms with E-state index in [1.54, 1.807) is 18.2 Å². The topological polar surface area (TPSA) is 81.1 Å². The second kappa shape index (κ2) is 7.24. The van der Waals surface area contributed by atoms with E-state index in [2.05, 4.69) is 12.2 Å². The largest absolute Gasteiger partial charge is 0.380 e. The first-order chi connectivity index (χ1) is 8.58. The molecule has 0 bridgehead atoms. The fraction of sp³-hybridized carbons (Fsp3) is 0.462. The number of carbonyl (C=O) groups excluding carboxylic acids is 1. The predicted octanol–water partition coefficient (Wildman–Crippen LogP) is 2.37. The van der Waals surface area contributed by atoms with Crippen molar-refractivity contribution in [2.75, 3.05) is 11.9 Å². The molecular formula is C13H20ClN3O. The minimum atomic E-state index is -0.494. The second-order valence-electron chi connectivity index (χ2n) is 4.27. The summed E-state index contributed by atoms with van der Waals surface area (Å²) in [5.41, 5.74) is 12.1. The Morgan fingerprint density at radius 1 is 1.50 bits per heavy atom. The van der Waals surface area contributed by atoms with E-state index >= 15 is 0 Å². The molecule has 18 heavy (non-hydrogen) atoms. The van der Waals surface area contributed by atoms with Gasteiger partial charge in [0.25, 0.3) is 5.91 Å². The Morgan fingerprint density at radius 3 is 2.78 bits per heavy atom. The molecule has 1 atom stereocenters. The van der Waals surface area contributed by atoms with E-state index in [-0.39, 0.29) is 6.04 Å². The first kappa shape index (κ1) is 14.8. The Morgan fingerprint density at radius 2 is 2.22 bits per heavy atom. The van der Waals surface area contributed by atoms with Gasteiger partial charge in [0, 0.05) is 23.3 Å². The molecule has 1 aromatic carbocycles. The van der Waals surface area contributed by atoms with E-state index in [9.17, 15) is 4.79 Å². The number of nitrogens with two attached hydrogens (primary N) is 2. The Bertz CT molecular complexity index is 409. The van der Waals surface area contributed by atoms with Crippen LogP contribution in [0, 0.1) is 0 Å². The monoisotopic (exact) mass is 269 g/mol. The smallest absolute Gasteiger partial charge is 0.250 e. The van der Waals surface area contributed by atoms with Crippen LogP contribution in [0.4, 0.5) is 5.69 Å². The molecule has 0 aliphatic carbocycles. The van der Waals surface area contributed by atoms with Crippen molar-refractivity contribution in [2.45, 2.75) is 32.2 Å². The quantitative estimate of drug-likeness (QED) is 0.711. The SMILES string of the molecule is CCCCC(CN)Nc1ccc(Cl)cc1C(N)=O. The van der Waals surface area contributed by atoms with Crippen molar-refractivity contribution in [3.05, 3.63) is 28.8 Å². The molecular weight excluding hydrogens is 250 g/mol. The van der Waals surface area contributed by atoms with E-state index in [0.717, 1.165) is 19.3 Å². The summed E-state index contributed by atoms with van der Waals surface area (Å²) < 4.78 is 0. The molecule has 1 aromatic rings. The number of anilines is 1. The minimum Gasteiger partial charge on any atom is -0.380 e. The number of hydrogen-bond donors (Lipinski definition) is 3. The van der Waals surface area contributed by atoms with Crippen LogP contribution in [0.3, 0.4) is 0 Å². The van der Waals surface area contributed by atoms with Crippen molar-refractivity contribution >= 4 is 23.2 Å². The van der Waals surface area contributed by atoms with Crippen LogP contribution in [0.2, 0.25) is 5.02 Å². The maximum atomic E-state index is 11.4. The molecule has 1 amide bonds. The fourth-order valence-corrected chi connectivity index (χ4v) is 1.94. The number of rotatable bonds is 7. The standard InChI is InChI=1S/C13H20ClN3O/c1-2-3-4-10(8-15)17-12-6-5-9(14)7-11(12)13(16)18/h5-7,10,17H,2-4,8,15H2,1H3,(H2,16,18). The van der Waals surface area contributed by atoms with Crippen molar-refractivity contribution in [3.8, 4) is 0 Å². The molecule has 0 fully saturated rings. The molecule has 5 heteroatoms. The van der Waals surface area contributed by atoms with Gasteiger partial charge < -0.3 is 16.8 Å². The van der Waals surface area contributed by atoms with Gasteiger partial charge in [0.2, 0.25) is 0 Å². The van der Waals surface area contributed by atoms with Gasteiger partial charge >= 0.3 is 0 Å². The van der Waals surface area contributed by atoms with E-state index in [4.69, 9.17) is 23.1 Å². The summed E-state index contributed by atoms with van der Waals surface area (Å²) in [7, 11) is 0. The number of primary amides is 1. The zero-order valence-corrected chi connectivity index (χ0v) is 11.3. The van der Waals surface area contributed by atoms with Crippen molar-refractivity contribution in [1.82, 2.24) is 0 Å². The molecule has 0 heterocycles. The van der Waals surface area contributed by atoms with Crippen LogP contribution in [-0.2, 0) is 0 Å². The van der Waals surface area contributed by atoms with Gasteiger partial charge in [-0.25, -0.2) is 0 Å². The third-order valence-electron chi connectivity index (χ3n) is 2.80. The molecule has 0 aliphatic rings. The molecule has 0 aromatic heterocycles. The van der Waals surface area contributed by atoms with E-state index in [0.29, 0.717) is 22.8 Å². The number of hydrogen-bond acceptors (Lipinski definition) is 3. The maximum Gasteiger partial charge on any atom is 0.250 e. The Balaban J connectivity index is 2.84. The lowest BCUT2D eigenvalue weighted by Crippen LogP contribution is -2.30. The lowest BCUT2D eigenvalue weighted by atomic mass is 10.1. The summed E-state index contributed by atoms with van der Waals surface area (Å²) in [6.07, 6.45) is 3.17. The molecule has 0 radical (unpaired) electrons. The third-order valence-corrected chi connectivity index (χ3v) is 3.03. The van der Waals surface area contributed by atoms with Crippen LogP contribution < -0.4 is 16.8 Å². The minimum absolute atomic E-state index is 0.143. The van der Waals surface area contributed by atoms with Crippen molar-refractivity contribution in [2.24, 2.45) is 11.5 Å². The van der Waals surface area contributed by atoms with Crippen LogP contribution in [0.1, 0.15) is 36.5 Å². The number of halogens is 1. The van der Waals surface area contributed by atoms with Gasteiger partial charge in [0.05, 0.1) is 5.56 Å². The van der Waals surface area contributed by atoms with Gasteiger partial charge in [-0.3, -0.25) is 4.79 Å². The van der Waals surface area contributed by atoms with Crippen molar-refractivity contribution in [1.29, 1.82) is 0 Å². The first-order valence-electron chi connectivity index (χ1n) is 6.14. The molecule has 0 saturated heterocycles. The lowest BCUT2D eigenvalue weighted by molar-refractivity contribution is 0.100. The highest BCUT2D eigenvalue weighted by molar-refractivity contribution is 6.31. The highest BCUT2D eigenvalue weighted by Gasteiger charge is 2.12. The maximum absolute atomic E-state index is 11.4. The molecule has 100 valence electrons. The number of amides is 1. The summed E-state index contributed by atoms with van der Waals surface area (Å²) in [4.78, 5) is 11.4. The molecule has 5 N–H and O–H groups in total. The third kappa shape index (κ3) is 4.20. The van der Waals surface area contributed by atoms with Gasteiger partial charge in [-0.15, -0.1) is 0 Å². The molecule has 1 rings (SSSR count). The molecule has 4 nitrogen and oxygen atoms in total. The average molecular weight is 270 g/mol. The number of carbonyl (C=O) groups is 1. The van der Waals surface area contributed by atoms with Crippen LogP contribution in [-0.4, -0.2) is 18.5 Å². The van der Waals surface area contributed by atoms with Crippen molar-refractivity contribution in [3.63, 3.8) is 0 Å². The molecule has 0 aliphatic heterocycles. The normalized spacial score (nSPS) is 12.2. The van der Waals surface area contributed by atoms with Crippen LogP contribution in [0.5, 0.6) is 0 Å². The molecule has 0 spiro atoms. The zero-order chi connectivity index (χ0) is 13.5. The zero-order valence-electron chi connectivity index (χ0n) is 10.6. The van der Waals surface area contributed by atoms with E-state index < -0.39 is 5.91 Å². The van der Waals surface area contributed by atoms with E-state index in [1.165, 1.54) is 0 Å². The Labute approximate surface area is 113 Å². The number of nitrogens with one attached hydrogen (secondary N) is 1. The summed E-state index contributed by atoms with van der Waals surface area (Å²) in [5.74, 6) is -0.494. The summed E-state index contributed by atoms with van der Waals surface area (Å²) >= 11 is 5.85. The number of benzene rings is 1. The van der Waals surface area contributed by atoms with Crippen molar-refractivity contribution < 1.29 is 4.79 Å². The van der Waals surface area contributed by atoms with Gasteiger partial charge in [0.1, 0.15) is 0 Å². The summed E-state index contributed by atoms with van der Waals surface area (Å²) in [5, 5.41) is 3.75. The highest BCUT2D eigenvalue weighted by atomic mass is 35.5. The Kier molecular flexibility index (Phi) is 5.95. The van der Waals surface area contributed by atoms with Gasteiger partial charge in [-0.05, 0) is 24.6 Å². The summed E-state index contributed by atoms with van der Waals surface area (Å²) in [6, 6.07) is 5.20. The van der Waals surface area contributed by atoms with Gasteiger partial charge in [-0.1, -0.05) is 31.4 Å². The van der Waals surface area contributed by atoms with Crippen LogP contribution in [0.15, 0.2) is 18.2 Å². The highest BCUT2D eigenvalue weighted by Crippen LogP contribution is 2.21. The molecule has 0 saturated carbocycles. The Hall–Kier alpha value is -1.26.